The Morgan fingerprint density at radius 2 is 2.19 bits per heavy atom. The smallest absolute Gasteiger partial charge is 0.332 e. The molecule has 3 saturated heterocycles. The molecule has 144 valence electrons. The normalized spacial score (nSPS) is 42.8. The van der Waals surface area contributed by atoms with Crippen LogP contribution in [-0.2, 0) is 19.1 Å². The van der Waals surface area contributed by atoms with Gasteiger partial charge in [-0.15, -0.1) is 0 Å². The first kappa shape index (κ1) is 16.9. The average Bonchev–Trinajstić information content (AvgIpc) is 2.90. The van der Waals surface area contributed by atoms with Gasteiger partial charge in [0.05, 0.1) is 24.7 Å². The Labute approximate surface area is 155 Å². The van der Waals surface area contributed by atoms with Crippen LogP contribution in [0.5, 0.6) is 0 Å². The summed E-state index contributed by atoms with van der Waals surface area (Å²) < 4.78 is 6.00. The topological polar surface area (TPSA) is 116 Å². The zero-order chi connectivity index (χ0) is 18.9. The number of hydrogen-bond donors (Lipinski definition) is 3. The van der Waals surface area contributed by atoms with E-state index in [0.29, 0.717) is 19.6 Å². The molecular weight excluding hydrogens is 352 g/mol. The number of carboxylic acids is 2. The van der Waals surface area contributed by atoms with E-state index in [0.717, 1.165) is 19.0 Å². The van der Waals surface area contributed by atoms with E-state index in [1.54, 1.807) is 0 Å². The molecule has 0 aromatic rings. The van der Waals surface area contributed by atoms with Crippen LogP contribution in [0.4, 0.5) is 0 Å². The van der Waals surface area contributed by atoms with Crippen molar-refractivity contribution in [2.24, 2.45) is 17.3 Å². The molecule has 1 saturated carbocycles. The Morgan fingerprint density at radius 3 is 2.93 bits per heavy atom. The first-order valence-corrected chi connectivity index (χ1v) is 9.44. The summed E-state index contributed by atoms with van der Waals surface area (Å²) in [6.45, 7) is 1.93. The molecule has 0 spiro atoms. The maximum atomic E-state index is 12.5. The first-order chi connectivity index (χ1) is 12.9. The van der Waals surface area contributed by atoms with E-state index in [-0.39, 0.29) is 41.9 Å². The number of carbonyl (C=O) groups is 3. The molecule has 1 aliphatic carbocycles. The number of aliphatic carboxylic acids is 2. The van der Waals surface area contributed by atoms with Crippen LogP contribution in [0.3, 0.4) is 0 Å². The van der Waals surface area contributed by atoms with E-state index >= 15 is 0 Å². The second kappa shape index (κ2) is 5.65. The monoisotopic (exact) mass is 374 g/mol. The van der Waals surface area contributed by atoms with Crippen LogP contribution in [0.2, 0.25) is 0 Å². The molecule has 8 nitrogen and oxygen atoms in total. The molecule has 1 amide bonds. The van der Waals surface area contributed by atoms with Gasteiger partial charge in [-0.05, 0) is 25.3 Å². The number of carbonyl (C=O) groups excluding carboxylic acids is 1. The first-order valence-electron chi connectivity index (χ1n) is 9.44. The number of nitrogens with one attached hydrogen (secondary N) is 1. The molecule has 3 N–H and O–H groups in total. The van der Waals surface area contributed by atoms with Crippen molar-refractivity contribution in [1.82, 2.24) is 10.2 Å². The van der Waals surface area contributed by atoms with Gasteiger partial charge in [-0.3, -0.25) is 9.69 Å². The number of piperidine rings is 2. The summed E-state index contributed by atoms with van der Waals surface area (Å²) in [6, 6.07) is -0.513. The standard InChI is InChI=1S/C19H22N2O6/c22-14-7-12-16-10-5-13-19(17(16)20-14,11(18(25)26)6-15(23)24)2-3-21(13)8-9(10)1-4-27-12/h1,6,10,12-13,16-17H,2-5,7-8H2,(H,20,22)(H,23,24)(H,25,26)/t10-,12-,13-,16-,17+,19+/m0/s1. The molecule has 4 aliphatic heterocycles. The number of fused-ring (bicyclic) bond motifs is 1. The lowest BCUT2D eigenvalue weighted by atomic mass is 9.52. The van der Waals surface area contributed by atoms with Crippen LogP contribution < -0.4 is 5.32 Å². The molecule has 2 bridgehead atoms. The van der Waals surface area contributed by atoms with Crippen molar-refractivity contribution < 1.29 is 29.3 Å². The lowest BCUT2D eigenvalue weighted by Gasteiger charge is -2.59. The van der Waals surface area contributed by atoms with E-state index in [4.69, 9.17) is 4.74 Å². The molecule has 0 aromatic heterocycles. The predicted molar refractivity (Wildman–Crippen MR) is 91.7 cm³/mol. The molecule has 6 atom stereocenters. The summed E-state index contributed by atoms with van der Waals surface area (Å²) in [5.41, 5.74) is 0.317. The van der Waals surface area contributed by atoms with E-state index in [1.165, 1.54) is 5.57 Å². The Bertz CT molecular complexity index is 804. The molecule has 0 aromatic carbocycles. The molecule has 8 heteroatoms. The van der Waals surface area contributed by atoms with Gasteiger partial charge in [-0.2, -0.15) is 0 Å². The van der Waals surface area contributed by atoms with Gasteiger partial charge in [-0.1, -0.05) is 11.6 Å². The van der Waals surface area contributed by atoms with Crippen molar-refractivity contribution in [3.63, 3.8) is 0 Å². The van der Waals surface area contributed by atoms with Crippen LogP contribution in [0.25, 0.3) is 0 Å². The number of carboxylic acid groups (broad SMARTS) is 2. The minimum absolute atomic E-state index is 0.0236. The SMILES string of the molecule is O=C(O)C=C(C(=O)O)[C@@]12CCN3CC4=CCO[C@H]5CC(=O)N[C@@H]1[C@H]5[C@H]4C[C@H]32. The van der Waals surface area contributed by atoms with Crippen LogP contribution >= 0.6 is 0 Å². The van der Waals surface area contributed by atoms with Gasteiger partial charge >= 0.3 is 11.9 Å². The van der Waals surface area contributed by atoms with Gasteiger partial charge in [0.1, 0.15) is 0 Å². The third-order valence-electron chi connectivity index (χ3n) is 7.38. The molecule has 4 heterocycles. The molecule has 0 radical (unpaired) electrons. The van der Waals surface area contributed by atoms with Crippen molar-refractivity contribution in [2.75, 3.05) is 19.7 Å². The maximum absolute atomic E-state index is 12.5. The molecule has 4 fully saturated rings. The van der Waals surface area contributed by atoms with Crippen molar-refractivity contribution in [3.05, 3.63) is 23.3 Å². The largest absolute Gasteiger partial charge is 0.478 e. The fourth-order valence-corrected chi connectivity index (χ4v) is 6.53. The third kappa shape index (κ3) is 2.20. The van der Waals surface area contributed by atoms with Gasteiger partial charge in [0.25, 0.3) is 0 Å². The second-order valence-electron chi connectivity index (χ2n) is 8.30. The second-order valence-corrected chi connectivity index (χ2v) is 8.30. The molecule has 5 rings (SSSR count). The molecular formula is C19H22N2O6. The van der Waals surface area contributed by atoms with Crippen LogP contribution in [-0.4, -0.2) is 70.8 Å². The Kier molecular flexibility index (Phi) is 3.55. The molecule has 5 aliphatic rings. The van der Waals surface area contributed by atoms with Crippen molar-refractivity contribution in [3.8, 4) is 0 Å². The Hall–Kier alpha value is -2.19. The van der Waals surface area contributed by atoms with Gasteiger partial charge in [0, 0.05) is 36.0 Å². The minimum Gasteiger partial charge on any atom is -0.478 e. The number of rotatable bonds is 3. The number of amides is 1. The Morgan fingerprint density at radius 1 is 1.37 bits per heavy atom. The van der Waals surface area contributed by atoms with Gasteiger partial charge in [0.15, 0.2) is 0 Å². The fourth-order valence-electron chi connectivity index (χ4n) is 6.53. The highest BCUT2D eigenvalue weighted by Gasteiger charge is 2.67. The van der Waals surface area contributed by atoms with E-state index in [2.05, 4.69) is 16.3 Å². The van der Waals surface area contributed by atoms with E-state index in [1.807, 2.05) is 0 Å². The summed E-state index contributed by atoms with van der Waals surface area (Å²) in [6.07, 6.45) is 4.29. The summed E-state index contributed by atoms with van der Waals surface area (Å²) >= 11 is 0. The number of hydrogen-bond acceptors (Lipinski definition) is 5. The van der Waals surface area contributed by atoms with Gasteiger partial charge in [-0.25, -0.2) is 9.59 Å². The predicted octanol–water partition coefficient (Wildman–Crippen LogP) is 0.00610. The van der Waals surface area contributed by atoms with Crippen LogP contribution in [0.15, 0.2) is 23.3 Å². The van der Waals surface area contributed by atoms with Crippen molar-refractivity contribution >= 4 is 17.8 Å². The molecule has 0 unspecified atom stereocenters. The summed E-state index contributed by atoms with van der Waals surface area (Å²) in [7, 11) is 0. The number of ether oxygens (including phenoxy) is 1. The van der Waals surface area contributed by atoms with Crippen LogP contribution in [0, 0.1) is 17.3 Å². The van der Waals surface area contributed by atoms with Crippen molar-refractivity contribution in [1.29, 1.82) is 0 Å². The maximum Gasteiger partial charge on any atom is 0.332 e. The number of nitrogens with zero attached hydrogens (tertiary/aromatic N) is 1. The highest BCUT2D eigenvalue weighted by atomic mass is 16.5. The third-order valence-corrected chi connectivity index (χ3v) is 7.38. The fraction of sp³-hybridized carbons (Fsp3) is 0.632. The lowest BCUT2D eigenvalue weighted by Crippen LogP contribution is -2.70. The zero-order valence-electron chi connectivity index (χ0n) is 14.8. The van der Waals surface area contributed by atoms with Crippen LogP contribution in [0.1, 0.15) is 19.3 Å². The van der Waals surface area contributed by atoms with E-state index < -0.39 is 23.4 Å². The highest BCUT2D eigenvalue weighted by Crippen LogP contribution is 2.60. The summed E-state index contributed by atoms with van der Waals surface area (Å²) in [4.78, 5) is 38.3. The summed E-state index contributed by atoms with van der Waals surface area (Å²) in [5, 5.41) is 22.3. The highest BCUT2D eigenvalue weighted by molar-refractivity contribution is 5.96. The average molecular weight is 374 g/mol. The van der Waals surface area contributed by atoms with Crippen molar-refractivity contribution in [2.45, 2.75) is 37.5 Å². The molecule has 27 heavy (non-hydrogen) atoms. The van der Waals surface area contributed by atoms with E-state index in [9.17, 15) is 24.6 Å². The van der Waals surface area contributed by atoms with Gasteiger partial charge in [0.2, 0.25) is 5.91 Å². The summed E-state index contributed by atoms with van der Waals surface area (Å²) in [5.74, 6) is -2.41. The van der Waals surface area contributed by atoms with Gasteiger partial charge < -0.3 is 20.3 Å². The Balaban J connectivity index is 1.72. The lowest BCUT2D eigenvalue weighted by molar-refractivity contribution is -0.147. The quantitative estimate of drug-likeness (QED) is 0.470. The zero-order valence-corrected chi connectivity index (χ0v) is 14.8. The minimum atomic E-state index is -1.27.